The molecule has 2 rings (SSSR count). The Morgan fingerprint density at radius 1 is 1.55 bits per heavy atom. The van der Waals surface area contributed by atoms with Crippen LogP contribution in [0.5, 0.6) is 0 Å². The van der Waals surface area contributed by atoms with Gasteiger partial charge in [-0.2, -0.15) is 0 Å². The highest BCUT2D eigenvalue weighted by Gasteiger charge is 2.29. The van der Waals surface area contributed by atoms with Crippen LogP contribution >= 0.6 is 15.9 Å². The van der Waals surface area contributed by atoms with Gasteiger partial charge < -0.3 is 14.7 Å². The molecule has 2 atom stereocenters. The Kier molecular flexibility index (Phi) is 5.18. The van der Waals surface area contributed by atoms with Gasteiger partial charge in [0, 0.05) is 11.0 Å². The number of rotatable bonds is 3. The summed E-state index contributed by atoms with van der Waals surface area (Å²) in [6, 6.07) is 6.00. The molecule has 0 spiro atoms. The van der Waals surface area contributed by atoms with Crippen LogP contribution in [-0.4, -0.2) is 47.8 Å². The van der Waals surface area contributed by atoms with E-state index in [0.717, 1.165) is 15.6 Å². The number of carbonyl (C=O) groups excluding carboxylic acids is 1. The molecule has 4 nitrogen and oxygen atoms in total. The van der Waals surface area contributed by atoms with Crippen LogP contribution in [0.1, 0.15) is 18.1 Å². The average Bonchev–Trinajstić information content (AvgIpc) is 2.42. The van der Waals surface area contributed by atoms with Crippen LogP contribution in [0.15, 0.2) is 22.7 Å². The molecule has 1 aliphatic heterocycles. The van der Waals surface area contributed by atoms with E-state index < -0.39 is 0 Å². The van der Waals surface area contributed by atoms with Crippen molar-refractivity contribution in [1.29, 1.82) is 0 Å². The summed E-state index contributed by atoms with van der Waals surface area (Å²) in [7, 11) is 0. The van der Waals surface area contributed by atoms with Gasteiger partial charge >= 0.3 is 0 Å². The number of aryl methyl sites for hydroxylation is 1. The summed E-state index contributed by atoms with van der Waals surface area (Å²) in [5, 5.41) is 9.17. The Balaban J connectivity index is 2.06. The molecule has 0 aliphatic carbocycles. The molecule has 5 heteroatoms. The normalized spacial score (nSPS) is 22.9. The molecule has 0 aromatic heterocycles. The summed E-state index contributed by atoms with van der Waals surface area (Å²) in [5.41, 5.74) is 2.14. The average molecular weight is 342 g/mol. The van der Waals surface area contributed by atoms with Gasteiger partial charge in [-0.25, -0.2) is 0 Å². The van der Waals surface area contributed by atoms with Gasteiger partial charge in [0.2, 0.25) is 5.91 Å². The van der Waals surface area contributed by atoms with Crippen LogP contribution in [-0.2, 0) is 16.0 Å². The first-order valence-corrected chi connectivity index (χ1v) is 7.57. The molecule has 20 heavy (non-hydrogen) atoms. The molecule has 1 aliphatic rings. The van der Waals surface area contributed by atoms with Crippen molar-refractivity contribution in [3.05, 3.63) is 33.8 Å². The second kappa shape index (κ2) is 6.70. The lowest BCUT2D eigenvalue weighted by Crippen LogP contribution is -2.52. The first-order chi connectivity index (χ1) is 9.51. The summed E-state index contributed by atoms with van der Waals surface area (Å²) < 4.78 is 6.48. The quantitative estimate of drug-likeness (QED) is 0.913. The van der Waals surface area contributed by atoms with Crippen LogP contribution in [0.3, 0.4) is 0 Å². The van der Waals surface area contributed by atoms with E-state index in [9.17, 15) is 9.90 Å². The molecule has 1 N–H and O–H groups in total. The largest absolute Gasteiger partial charge is 0.394 e. The maximum atomic E-state index is 12.5. The van der Waals surface area contributed by atoms with Gasteiger partial charge in [-0.05, 0) is 37.1 Å². The van der Waals surface area contributed by atoms with Crippen LogP contribution in [0.4, 0.5) is 0 Å². The molecule has 1 fully saturated rings. The lowest BCUT2D eigenvalue weighted by atomic mass is 10.0. The zero-order valence-corrected chi connectivity index (χ0v) is 13.4. The van der Waals surface area contributed by atoms with Gasteiger partial charge in [0.15, 0.2) is 0 Å². The summed E-state index contributed by atoms with van der Waals surface area (Å²) in [5.74, 6) is 0.0877. The minimum Gasteiger partial charge on any atom is -0.394 e. The lowest BCUT2D eigenvalue weighted by Gasteiger charge is -2.37. The monoisotopic (exact) mass is 341 g/mol. The van der Waals surface area contributed by atoms with Crippen molar-refractivity contribution in [2.75, 3.05) is 19.8 Å². The van der Waals surface area contributed by atoms with E-state index in [4.69, 9.17) is 4.74 Å². The molecule has 0 unspecified atom stereocenters. The fraction of sp³-hybridized carbons (Fsp3) is 0.533. The molecule has 1 amide bonds. The Morgan fingerprint density at radius 3 is 2.95 bits per heavy atom. The number of ether oxygens (including phenoxy) is 1. The second-order valence-corrected chi connectivity index (χ2v) is 6.20. The number of carbonyl (C=O) groups is 1. The third-order valence-electron chi connectivity index (χ3n) is 3.68. The summed E-state index contributed by atoms with van der Waals surface area (Å²) in [6.45, 7) is 4.88. The highest BCUT2D eigenvalue weighted by atomic mass is 79.9. The van der Waals surface area contributed by atoms with E-state index in [1.54, 1.807) is 0 Å². The van der Waals surface area contributed by atoms with Crippen molar-refractivity contribution in [3.63, 3.8) is 0 Å². The topological polar surface area (TPSA) is 49.8 Å². The van der Waals surface area contributed by atoms with Crippen molar-refractivity contribution in [2.45, 2.75) is 32.4 Å². The Hall–Kier alpha value is -0.910. The van der Waals surface area contributed by atoms with E-state index in [-0.39, 0.29) is 24.7 Å². The van der Waals surface area contributed by atoms with E-state index in [2.05, 4.69) is 15.9 Å². The zero-order valence-electron chi connectivity index (χ0n) is 11.8. The number of halogens is 1. The molecule has 1 heterocycles. The van der Waals surface area contributed by atoms with E-state index in [1.807, 2.05) is 36.9 Å². The van der Waals surface area contributed by atoms with Crippen LogP contribution in [0, 0.1) is 6.92 Å². The first-order valence-electron chi connectivity index (χ1n) is 6.78. The zero-order chi connectivity index (χ0) is 14.7. The molecule has 1 saturated heterocycles. The Labute approximate surface area is 127 Å². The third kappa shape index (κ3) is 3.59. The Bertz CT molecular complexity index is 492. The molecule has 0 bridgehead atoms. The SMILES string of the molecule is Cc1cc(Br)ccc1CC(=O)N1C[C@@H](CO)OC[C@@H]1C. The summed E-state index contributed by atoms with van der Waals surface area (Å²) in [4.78, 5) is 14.3. The van der Waals surface area contributed by atoms with Gasteiger partial charge in [-0.1, -0.05) is 22.0 Å². The predicted octanol–water partition coefficient (Wildman–Crippen LogP) is 1.91. The second-order valence-electron chi connectivity index (χ2n) is 5.28. The van der Waals surface area contributed by atoms with Gasteiger partial charge in [0.1, 0.15) is 0 Å². The van der Waals surface area contributed by atoms with E-state index in [1.165, 1.54) is 0 Å². The molecule has 0 saturated carbocycles. The predicted molar refractivity (Wildman–Crippen MR) is 80.6 cm³/mol. The van der Waals surface area contributed by atoms with Crippen molar-refractivity contribution in [3.8, 4) is 0 Å². The number of morpholine rings is 1. The minimum atomic E-state index is -0.263. The summed E-state index contributed by atoms with van der Waals surface area (Å²) in [6.07, 6.45) is 0.128. The molecule has 1 aromatic rings. The highest BCUT2D eigenvalue weighted by Crippen LogP contribution is 2.19. The Morgan fingerprint density at radius 2 is 2.30 bits per heavy atom. The van der Waals surface area contributed by atoms with E-state index >= 15 is 0 Å². The molecule has 1 aromatic carbocycles. The summed E-state index contributed by atoms with van der Waals surface area (Å²) >= 11 is 3.43. The first kappa shape index (κ1) is 15.5. The van der Waals surface area contributed by atoms with Gasteiger partial charge in [0.25, 0.3) is 0 Å². The minimum absolute atomic E-state index is 0.0478. The van der Waals surface area contributed by atoms with E-state index in [0.29, 0.717) is 19.6 Å². The smallest absolute Gasteiger partial charge is 0.227 e. The maximum absolute atomic E-state index is 12.5. The maximum Gasteiger partial charge on any atom is 0.227 e. The number of aliphatic hydroxyl groups excluding tert-OH is 1. The number of amides is 1. The van der Waals surface area contributed by atoms with Gasteiger partial charge in [-0.3, -0.25) is 4.79 Å². The number of hydrogen-bond acceptors (Lipinski definition) is 3. The van der Waals surface area contributed by atoms with Gasteiger partial charge in [-0.15, -0.1) is 0 Å². The number of hydrogen-bond donors (Lipinski definition) is 1. The van der Waals surface area contributed by atoms with Gasteiger partial charge in [0.05, 0.1) is 31.8 Å². The molecular formula is C15H20BrNO3. The number of benzene rings is 1. The fourth-order valence-corrected chi connectivity index (χ4v) is 2.87. The van der Waals surface area contributed by atoms with Crippen LogP contribution in [0.25, 0.3) is 0 Å². The van der Waals surface area contributed by atoms with Crippen molar-refractivity contribution < 1.29 is 14.6 Å². The van der Waals surface area contributed by atoms with Crippen molar-refractivity contribution >= 4 is 21.8 Å². The lowest BCUT2D eigenvalue weighted by molar-refractivity contribution is -0.145. The third-order valence-corrected chi connectivity index (χ3v) is 4.17. The van der Waals surface area contributed by atoms with Crippen molar-refractivity contribution in [1.82, 2.24) is 4.90 Å². The molecule has 0 radical (unpaired) electrons. The van der Waals surface area contributed by atoms with Crippen LogP contribution < -0.4 is 0 Å². The van der Waals surface area contributed by atoms with Crippen molar-refractivity contribution in [2.24, 2.45) is 0 Å². The molecule has 110 valence electrons. The standard InChI is InChI=1S/C15H20BrNO3/c1-10-5-13(16)4-3-12(10)6-15(19)17-7-14(8-18)20-9-11(17)2/h3-5,11,14,18H,6-9H2,1-2H3/t11-,14-/m0/s1. The molecular weight excluding hydrogens is 322 g/mol. The fourth-order valence-electron chi connectivity index (χ4n) is 2.40. The highest BCUT2D eigenvalue weighted by molar-refractivity contribution is 9.10. The van der Waals surface area contributed by atoms with Crippen LogP contribution in [0.2, 0.25) is 0 Å². The number of aliphatic hydroxyl groups is 1. The number of nitrogens with zero attached hydrogens (tertiary/aromatic N) is 1.